The van der Waals surface area contributed by atoms with Crippen LogP contribution in [0, 0.1) is 5.92 Å². The van der Waals surface area contributed by atoms with E-state index in [-0.39, 0.29) is 0 Å². The van der Waals surface area contributed by atoms with Gasteiger partial charge >= 0.3 is 0 Å². The van der Waals surface area contributed by atoms with Gasteiger partial charge in [-0.1, -0.05) is 30.3 Å². The molecule has 2 fully saturated rings. The maximum absolute atomic E-state index is 5.49. The SMILES string of the molecule is CC1CN(CC2CCOCC2)[C@@H](C)CN1Cc1ccccc1. The van der Waals surface area contributed by atoms with Crippen LogP contribution in [0.1, 0.15) is 32.3 Å². The van der Waals surface area contributed by atoms with Gasteiger partial charge in [-0.25, -0.2) is 0 Å². The monoisotopic (exact) mass is 302 g/mol. The van der Waals surface area contributed by atoms with Crippen LogP contribution in [0.25, 0.3) is 0 Å². The minimum atomic E-state index is 0.635. The van der Waals surface area contributed by atoms with E-state index in [1.54, 1.807) is 0 Å². The summed E-state index contributed by atoms with van der Waals surface area (Å²) in [4.78, 5) is 5.35. The Hall–Kier alpha value is -0.900. The smallest absolute Gasteiger partial charge is 0.0469 e. The molecule has 2 saturated heterocycles. The van der Waals surface area contributed by atoms with Gasteiger partial charge in [-0.3, -0.25) is 9.80 Å². The fourth-order valence-electron chi connectivity index (χ4n) is 3.82. The third-order valence-corrected chi connectivity index (χ3v) is 5.31. The van der Waals surface area contributed by atoms with Gasteiger partial charge in [0.2, 0.25) is 0 Å². The van der Waals surface area contributed by atoms with Crippen molar-refractivity contribution in [3.8, 4) is 0 Å². The van der Waals surface area contributed by atoms with Gasteiger partial charge in [0.15, 0.2) is 0 Å². The number of hydrogen-bond acceptors (Lipinski definition) is 3. The van der Waals surface area contributed by atoms with Gasteiger partial charge in [-0.15, -0.1) is 0 Å². The van der Waals surface area contributed by atoms with Crippen molar-refractivity contribution < 1.29 is 4.74 Å². The zero-order chi connectivity index (χ0) is 15.4. The first-order chi connectivity index (χ1) is 10.7. The Morgan fingerprint density at radius 1 is 0.955 bits per heavy atom. The Kier molecular flexibility index (Phi) is 5.51. The number of piperazine rings is 1. The second-order valence-electron chi connectivity index (χ2n) is 7.12. The number of ether oxygens (including phenoxy) is 1. The van der Waals surface area contributed by atoms with Crippen LogP contribution in [0.2, 0.25) is 0 Å². The molecule has 1 aromatic carbocycles. The molecule has 0 aromatic heterocycles. The molecule has 1 aromatic rings. The maximum Gasteiger partial charge on any atom is 0.0469 e. The summed E-state index contributed by atoms with van der Waals surface area (Å²) in [7, 11) is 0. The summed E-state index contributed by atoms with van der Waals surface area (Å²) in [5.74, 6) is 0.837. The van der Waals surface area contributed by atoms with E-state index in [1.807, 2.05) is 0 Å². The molecule has 0 N–H and O–H groups in total. The van der Waals surface area contributed by atoms with Crippen LogP contribution >= 0.6 is 0 Å². The Bertz CT molecular complexity index is 444. The highest BCUT2D eigenvalue weighted by Gasteiger charge is 2.30. The summed E-state index contributed by atoms with van der Waals surface area (Å²) in [6, 6.07) is 12.2. The van der Waals surface area contributed by atoms with Crippen molar-refractivity contribution >= 4 is 0 Å². The first-order valence-electron chi connectivity index (χ1n) is 8.82. The first-order valence-corrected chi connectivity index (χ1v) is 8.82. The summed E-state index contributed by atoms with van der Waals surface area (Å²) in [6.07, 6.45) is 2.48. The number of rotatable bonds is 4. The summed E-state index contributed by atoms with van der Waals surface area (Å²) < 4.78 is 5.49. The van der Waals surface area contributed by atoms with Gasteiger partial charge in [0.25, 0.3) is 0 Å². The highest BCUT2D eigenvalue weighted by Crippen LogP contribution is 2.22. The van der Waals surface area contributed by atoms with E-state index in [9.17, 15) is 0 Å². The molecule has 0 bridgehead atoms. The predicted octanol–water partition coefficient (Wildman–Crippen LogP) is 3.01. The van der Waals surface area contributed by atoms with Crippen LogP contribution in [0.5, 0.6) is 0 Å². The molecule has 0 aliphatic carbocycles. The Labute approximate surface area is 135 Å². The van der Waals surface area contributed by atoms with Crippen LogP contribution in [0.4, 0.5) is 0 Å². The Balaban J connectivity index is 1.54. The molecule has 3 nitrogen and oxygen atoms in total. The van der Waals surface area contributed by atoms with Crippen molar-refractivity contribution in [2.75, 3.05) is 32.8 Å². The van der Waals surface area contributed by atoms with Gasteiger partial charge in [0.1, 0.15) is 0 Å². The molecule has 122 valence electrons. The molecule has 2 heterocycles. The van der Waals surface area contributed by atoms with Crippen molar-refractivity contribution in [2.24, 2.45) is 5.92 Å². The van der Waals surface area contributed by atoms with Crippen LogP contribution in [-0.2, 0) is 11.3 Å². The largest absolute Gasteiger partial charge is 0.381 e. The predicted molar refractivity (Wildman–Crippen MR) is 90.9 cm³/mol. The lowest BCUT2D eigenvalue weighted by Gasteiger charge is -2.45. The van der Waals surface area contributed by atoms with Crippen molar-refractivity contribution in [1.29, 1.82) is 0 Å². The Morgan fingerprint density at radius 2 is 1.59 bits per heavy atom. The molecule has 3 rings (SSSR count). The molecule has 1 unspecified atom stereocenters. The minimum absolute atomic E-state index is 0.635. The summed E-state index contributed by atoms with van der Waals surface area (Å²) in [5.41, 5.74) is 1.43. The van der Waals surface area contributed by atoms with E-state index >= 15 is 0 Å². The van der Waals surface area contributed by atoms with Crippen LogP contribution in [0.15, 0.2) is 30.3 Å². The molecule has 2 aliphatic heterocycles. The molecule has 0 radical (unpaired) electrons. The normalized spacial score (nSPS) is 28.8. The molecule has 0 amide bonds. The topological polar surface area (TPSA) is 15.7 Å². The van der Waals surface area contributed by atoms with Gasteiger partial charge < -0.3 is 4.74 Å². The number of nitrogens with zero attached hydrogens (tertiary/aromatic N) is 2. The standard InChI is InChI=1S/C19H30N2O/c1-16-13-21(15-19-8-10-22-11-9-19)17(2)12-20(16)14-18-6-4-3-5-7-18/h3-7,16-17,19H,8-15H2,1-2H3/t16?,17-/m0/s1. The second kappa shape index (κ2) is 7.58. The molecule has 3 heteroatoms. The molecule has 22 heavy (non-hydrogen) atoms. The van der Waals surface area contributed by atoms with E-state index in [1.165, 1.54) is 38.0 Å². The van der Waals surface area contributed by atoms with Crippen molar-refractivity contribution in [3.63, 3.8) is 0 Å². The summed E-state index contributed by atoms with van der Waals surface area (Å²) >= 11 is 0. The summed E-state index contributed by atoms with van der Waals surface area (Å²) in [6.45, 7) is 11.4. The average Bonchev–Trinajstić information content (AvgIpc) is 2.54. The minimum Gasteiger partial charge on any atom is -0.381 e. The Morgan fingerprint density at radius 3 is 2.32 bits per heavy atom. The van der Waals surface area contributed by atoms with Crippen LogP contribution in [-0.4, -0.2) is 54.7 Å². The molecule has 2 atom stereocenters. The second-order valence-corrected chi connectivity index (χ2v) is 7.12. The highest BCUT2D eigenvalue weighted by atomic mass is 16.5. The number of hydrogen-bond donors (Lipinski definition) is 0. The zero-order valence-corrected chi connectivity index (χ0v) is 14.1. The van der Waals surface area contributed by atoms with Crippen LogP contribution in [0.3, 0.4) is 0 Å². The molecular weight excluding hydrogens is 272 g/mol. The van der Waals surface area contributed by atoms with Crippen molar-refractivity contribution in [3.05, 3.63) is 35.9 Å². The van der Waals surface area contributed by atoms with Crippen LogP contribution < -0.4 is 0 Å². The number of benzene rings is 1. The van der Waals surface area contributed by atoms with E-state index in [4.69, 9.17) is 4.74 Å². The quantitative estimate of drug-likeness (QED) is 0.850. The fraction of sp³-hybridized carbons (Fsp3) is 0.684. The molecule has 0 spiro atoms. The van der Waals surface area contributed by atoms with Crippen molar-refractivity contribution in [1.82, 2.24) is 9.80 Å². The third kappa shape index (κ3) is 4.09. The molecule has 0 saturated carbocycles. The van der Waals surface area contributed by atoms with Gasteiger partial charge in [0, 0.05) is 51.5 Å². The lowest BCUT2D eigenvalue weighted by atomic mass is 9.97. The lowest BCUT2D eigenvalue weighted by molar-refractivity contribution is 0.00517. The fourth-order valence-corrected chi connectivity index (χ4v) is 3.82. The van der Waals surface area contributed by atoms with E-state index in [2.05, 4.69) is 54.0 Å². The average molecular weight is 302 g/mol. The molecule has 2 aliphatic rings. The summed E-state index contributed by atoms with van der Waals surface area (Å²) in [5, 5.41) is 0. The third-order valence-electron chi connectivity index (χ3n) is 5.31. The molecular formula is C19H30N2O. The van der Waals surface area contributed by atoms with E-state index < -0.39 is 0 Å². The van der Waals surface area contributed by atoms with E-state index in [0.717, 1.165) is 25.7 Å². The first kappa shape index (κ1) is 16.0. The zero-order valence-electron chi connectivity index (χ0n) is 14.1. The highest BCUT2D eigenvalue weighted by molar-refractivity contribution is 5.14. The van der Waals surface area contributed by atoms with Gasteiger partial charge in [0.05, 0.1) is 0 Å². The van der Waals surface area contributed by atoms with Crippen molar-refractivity contribution in [2.45, 2.75) is 45.3 Å². The van der Waals surface area contributed by atoms with Gasteiger partial charge in [-0.2, -0.15) is 0 Å². The van der Waals surface area contributed by atoms with Gasteiger partial charge in [-0.05, 0) is 38.2 Å². The lowest BCUT2D eigenvalue weighted by Crippen LogP contribution is -2.56. The maximum atomic E-state index is 5.49. The van der Waals surface area contributed by atoms with E-state index in [0.29, 0.717) is 12.1 Å².